The molecule has 3 aromatic rings. The molecule has 1 unspecified atom stereocenters. The van der Waals surface area contributed by atoms with Crippen LogP contribution in [0.2, 0.25) is 0 Å². The summed E-state index contributed by atoms with van der Waals surface area (Å²) in [4.78, 5) is 13.7. The number of benzene rings is 2. The fraction of sp³-hybridized carbons (Fsp3) is 0.286. The summed E-state index contributed by atoms with van der Waals surface area (Å²) in [5.74, 6) is 0.447. The molecular weight excluding hydrogens is 372 g/mol. The molecule has 0 saturated carbocycles. The average Bonchev–Trinajstić information content (AvgIpc) is 3.43. The van der Waals surface area contributed by atoms with Crippen LogP contribution in [0, 0.1) is 0 Å². The van der Waals surface area contributed by atoms with E-state index < -0.39 is 0 Å². The smallest absolute Gasteiger partial charge is 0.337 e. The maximum atomic E-state index is 11.5. The number of anilines is 1. The highest BCUT2D eigenvalue weighted by atomic mass is 16.5. The predicted molar refractivity (Wildman–Crippen MR) is 106 cm³/mol. The normalized spacial score (nSPS) is 16.1. The van der Waals surface area contributed by atoms with E-state index in [0.717, 1.165) is 29.2 Å². The second-order valence-corrected chi connectivity index (χ2v) is 6.65. The van der Waals surface area contributed by atoms with Gasteiger partial charge in [0.1, 0.15) is 11.4 Å². The van der Waals surface area contributed by atoms with Crippen LogP contribution in [0.4, 0.5) is 5.69 Å². The molecule has 0 N–H and O–H groups in total. The molecular formula is C21H22N4O4. The van der Waals surface area contributed by atoms with Crippen molar-refractivity contribution in [1.82, 2.24) is 15.0 Å². The topological polar surface area (TPSA) is 78.7 Å². The van der Waals surface area contributed by atoms with E-state index in [-0.39, 0.29) is 12.2 Å². The van der Waals surface area contributed by atoms with Gasteiger partial charge in [0.15, 0.2) is 6.23 Å². The minimum atomic E-state index is -0.351. The Morgan fingerprint density at radius 3 is 2.79 bits per heavy atom. The van der Waals surface area contributed by atoms with E-state index in [9.17, 15) is 4.79 Å². The monoisotopic (exact) mass is 394 g/mol. The highest BCUT2D eigenvalue weighted by Crippen LogP contribution is 2.32. The Balaban J connectivity index is 1.48. The molecule has 150 valence electrons. The zero-order chi connectivity index (χ0) is 20.2. The van der Waals surface area contributed by atoms with E-state index in [1.807, 2.05) is 42.6 Å². The van der Waals surface area contributed by atoms with Crippen molar-refractivity contribution in [3.05, 3.63) is 71.5 Å². The number of methoxy groups -OCH3 is 2. The summed E-state index contributed by atoms with van der Waals surface area (Å²) in [6.07, 6.45) is 1.59. The van der Waals surface area contributed by atoms with E-state index in [1.165, 1.54) is 7.11 Å². The minimum Gasteiger partial charge on any atom is -0.497 e. The number of rotatable bonds is 6. The lowest BCUT2D eigenvalue weighted by atomic mass is 10.1. The van der Waals surface area contributed by atoms with Crippen molar-refractivity contribution in [2.75, 3.05) is 32.3 Å². The molecule has 1 atom stereocenters. The van der Waals surface area contributed by atoms with Gasteiger partial charge in [-0.15, -0.1) is 5.10 Å². The fourth-order valence-corrected chi connectivity index (χ4v) is 3.32. The Morgan fingerprint density at radius 2 is 2.03 bits per heavy atom. The summed E-state index contributed by atoms with van der Waals surface area (Å²) < 4.78 is 17.7. The molecule has 0 amide bonds. The molecule has 1 aromatic heterocycles. The molecule has 1 aliphatic rings. The molecule has 0 radical (unpaired) electrons. The van der Waals surface area contributed by atoms with Gasteiger partial charge in [0.25, 0.3) is 0 Å². The summed E-state index contributed by atoms with van der Waals surface area (Å²) in [5, 5.41) is 8.55. The number of ether oxygens (including phenoxy) is 3. The fourth-order valence-electron chi connectivity index (χ4n) is 3.32. The van der Waals surface area contributed by atoms with Crippen LogP contribution in [0.1, 0.15) is 27.8 Å². The van der Waals surface area contributed by atoms with Gasteiger partial charge in [-0.25, -0.2) is 9.48 Å². The molecule has 29 heavy (non-hydrogen) atoms. The molecule has 0 aliphatic carbocycles. The zero-order valence-corrected chi connectivity index (χ0v) is 16.3. The first kappa shape index (κ1) is 18.9. The first-order chi connectivity index (χ1) is 14.2. The van der Waals surface area contributed by atoms with Crippen LogP contribution < -0.4 is 9.64 Å². The summed E-state index contributed by atoms with van der Waals surface area (Å²) in [6, 6.07) is 15.1. The lowest BCUT2D eigenvalue weighted by Crippen LogP contribution is -2.23. The number of aromatic nitrogens is 3. The van der Waals surface area contributed by atoms with Gasteiger partial charge >= 0.3 is 5.97 Å². The molecule has 1 saturated heterocycles. The average molecular weight is 394 g/mol. The van der Waals surface area contributed by atoms with E-state index in [4.69, 9.17) is 14.2 Å². The van der Waals surface area contributed by atoms with E-state index >= 15 is 0 Å². The molecule has 0 spiro atoms. The van der Waals surface area contributed by atoms with Gasteiger partial charge in [-0.1, -0.05) is 23.4 Å². The molecule has 4 rings (SSSR count). The number of esters is 1. The molecule has 8 nitrogen and oxygen atoms in total. The SMILES string of the molecule is COC(=O)c1ccc(Cn2cc(C3OCCN3c3cccc(OC)c3)nn2)cc1. The van der Waals surface area contributed by atoms with Gasteiger partial charge in [0.2, 0.25) is 0 Å². The summed E-state index contributed by atoms with van der Waals surface area (Å²) >= 11 is 0. The second kappa shape index (κ2) is 8.32. The van der Waals surface area contributed by atoms with Crippen molar-refractivity contribution in [1.29, 1.82) is 0 Å². The highest BCUT2D eigenvalue weighted by Gasteiger charge is 2.30. The number of hydrogen-bond donors (Lipinski definition) is 0. The van der Waals surface area contributed by atoms with E-state index in [0.29, 0.717) is 18.7 Å². The third kappa shape index (κ3) is 4.07. The van der Waals surface area contributed by atoms with Crippen LogP contribution in [-0.2, 0) is 16.0 Å². The van der Waals surface area contributed by atoms with Gasteiger partial charge in [0, 0.05) is 18.3 Å². The Bertz CT molecular complexity index is 986. The lowest BCUT2D eigenvalue weighted by Gasteiger charge is -2.23. The predicted octanol–water partition coefficient (Wildman–Crippen LogP) is 2.66. The van der Waals surface area contributed by atoms with Crippen molar-refractivity contribution >= 4 is 11.7 Å². The van der Waals surface area contributed by atoms with Crippen molar-refractivity contribution in [2.45, 2.75) is 12.8 Å². The van der Waals surface area contributed by atoms with E-state index in [2.05, 4.69) is 15.2 Å². The summed E-state index contributed by atoms with van der Waals surface area (Å²) in [6.45, 7) is 1.92. The maximum absolute atomic E-state index is 11.5. The Labute approximate surface area is 168 Å². The second-order valence-electron chi connectivity index (χ2n) is 6.65. The summed E-state index contributed by atoms with van der Waals surface area (Å²) in [5.41, 5.74) is 3.28. The first-order valence-corrected chi connectivity index (χ1v) is 9.27. The number of hydrogen-bond acceptors (Lipinski definition) is 7. The molecule has 1 fully saturated rings. The van der Waals surface area contributed by atoms with Gasteiger partial charge < -0.3 is 19.1 Å². The van der Waals surface area contributed by atoms with Crippen molar-refractivity contribution in [3.63, 3.8) is 0 Å². The Morgan fingerprint density at radius 1 is 1.21 bits per heavy atom. The van der Waals surface area contributed by atoms with Crippen molar-refractivity contribution in [2.24, 2.45) is 0 Å². The van der Waals surface area contributed by atoms with Gasteiger partial charge in [-0.3, -0.25) is 0 Å². The van der Waals surface area contributed by atoms with Gasteiger partial charge in [-0.05, 0) is 29.8 Å². The quantitative estimate of drug-likeness (QED) is 0.595. The molecule has 1 aliphatic heterocycles. The summed E-state index contributed by atoms with van der Waals surface area (Å²) in [7, 11) is 3.02. The van der Waals surface area contributed by atoms with Gasteiger partial charge in [0.05, 0.1) is 39.1 Å². The van der Waals surface area contributed by atoms with Crippen LogP contribution in [0.15, 0.2) is 54.7 Å². The standard InChI is InChI=1S/C21H22N4O4/c1-27-18-5-3-4-17(12-18)25-10-11-29-20(25)19-14-24(23-22-19)13-15-6-8-16(9-7-15)21(26)28-2/h3-9,12,14,20H,10-11,13H2,1-2H3. The van der Waals surface area contributed by atoms with Crippen LogP contribution >= 0.6 is 0 Å². The number of carbonyl (C=O) groups is 1. The van der Waals surface area contributed by atoms with E-state index in [1.54, 1.807) is 23.9 Å². The molecule has 8 heteroatoms. The minimum absolute atomic E-state index is 0.294. The van der Waals surface area contributed by atoms with Crippen LogP contribution in [0.3, 0.4) is 0 Å². The van der Waals surface area contributed by atoms with Crippen molar-refractivity contribution in [3.8, 4) is 5.75 Å². The number of carbonyl (C=O) groups excluding carboxylic acids is 1. The highest BCUT2D eigenvalue weighted by molar-refractivity contribution is 5.89. The molecule has 2 aromatic carbocycles. The largest absolute Gasteiger partial charge is 0.497 e. The van der Waals surface area contributed by atoms with Crippen molar-refractivity contribution < 1.29 is 19.0 Å². The van der Waals surface area contributed by atoms with Crippen LogP contribution in [0.25, 0.3) is 0 Å². The first-order valence-electron chi connectivity index (χ1n) is 9.27. The molecule has 0 bridgehead atoms. The third-order valence-electron chi connectivity index (χ3n) is 4.80. The van der Waals surface area contributed by atoms with Gasteiger partial charge in [-0.2, -0.15) is 0 Å². The Kier molecular flexibility index (Phi) is 5.44. The van der Waals surface area contributed by atoms with Crippen LogP contribution in [0.5, 0.6) is 5.75 Å². The zero-order valence-electron chi connectivity index (χ0n) is 16.3. The maximum Gasteiger partial charge on any atom is 0.337 e. The van der Waals surface area contributed by atoms with Crippen LogP contribution in [-0.4, -0.2) is 48.3 Å². The molecule has 2 heterocycles. The number of nitrogens with zero attached hydrogens (tertiary/aromatic N) is 4. The third-order valence-corrected chi connectivity index (χ3v) is 4.80. The Hall–Kier alpha value is -3.39. The lowest BCUT2D eigenvalue weighted by molar-refractivity contribution is 0.0600.